The molecule has 33 heavy (non-hydrogen) atoms. The highest BCUT2D eigenvalue weighted by Crippen LogP contribution is 2.39. The van der Waals surface area contributed by atoms with Gasteiger partial charge in [0.2, 0.25) is 5.75 Å². The van der Waals surface area contributed by atoms with Crippen molar-refractivity contribution in [2.24, 2.45) is 4.99 Å². The summed E-state index contributed by atoms with van der Waals surface area (Å²) in [6.07, 6.45) is 1.53. The zero-order valence-electron chi connectivity index (χ0n) is 20.1. The maximum absolute atomic E-state index is 5.78. The van der Waals surface area contributed by atoms with E-state index in [1.807, 2.05) is 43.3 Å². The van der Waals surface area contributed by atoms with E-state index in [-0.39, 0.29) is 24.0 Å². The van der Waals surface area contributed by atoms with Crippen molar-refractivity contribution in [1.29, 1.82) is 0 Å². The topological polar surface area (TPSA) is 82.6 Å². The van der Waals surface area contributed by atoms with Crippen LogP contribution in [0, 0.1) is 0 Å². The van der Waals surface area contributed by atoms with E-state index in [4.69, 9.17) is 28.7 Å². The number of ether oxygens (including phenoxy) is 5. The molecule has 9 heteroatoms. The summed E-state index contributed by atoms with van der Waals surface area (Å²) in [5, 5.41) is 6.61. The van der Waals surface area contributed by atoms with E-state index in [2.05, 4.69) is 10.6 Å². The van der Waals surface area contributed by atoms with E-state index >= 15 is 0 Å². The molecule has 0 fully saturated rings. The van der Waals surface area contributed by atoms with Crippen LogP contribution in [0.15, 0.2) is 41.4 Å². The van der Waals surface area contributed by atoms with Gasteiger partial charge in [-0.25, -0.2) is 0 Å². The highest BCUT2D eigenvalue weighted by atomic mass is 127. The van der Waals surface area contributed by atoms with E-state index < -0.39 is 0 Å². The monoisotopic (exact) mass is 573 g/mol. The van der Waals surface area contributed by atoms with Gasteiger partial charge in [0, 0.05) is 50.5 Å². The maximum atomic E-state index is 5.78. The number of hydrogen-bond acceptors (Lipinski definition) is 6. The summed E-state index contributed by atoms with van der Waals surface area (Å²) >= 11 is 0. The van der Waals surface area contributed by atoms with Gasteiger partial charge in [0.05, 0.1) is 27.9 Å². The van der Waals surface area contributed by atoms with Gasteiger partial charge < -0.3 is 34.3 Å². The minimum absolute atomic E-state index is 0. The molecule has 0 aliphatic heterocycles. The average molecular weight is 573 g/mol. The van der Waals surface area contributed by atoms with Gasteiger partial charge in [0.1, 0.15) is 5.75 Å². The molecule has 0 aromatic heterocycles. The van der Waals surface area contributed by atoms with Crippen molar-refractivity contribution in [3.8, 4) is 23.0 Å². The van der Waals surface area contributed by atoms with Crippen LogP contribution in [-0.4, -0.2) is 60.7 Å². The lowest BCUT2D eigenvalue weighted by Gasteiger charge is -2.16. The highest BCUT2D eigenvalue weighted by Gasteiger charge is 2.15. The van der Waals surface area contributed by atoms with Crippen LogP contribution in [0.5, 0.6) is 23.0 Å². The highest BCUT2D eigenvalue weighted by molar-refractivity contribution is 14.0. The summed E-state index contributed by atoms with van der Waals surface area (Å²) in [6.45, 7) is 4.63. The molecule has 2 N–H and O–H groups in total. The number of anilines is 1. The van der Waals surface area contributed by atoms with Crippen molar-refractivity contribution in [1.82, 2.24) is 5.32 Å². The fourth-order valence-electron chi connectivity index (χ4n) is 3.15. The Kier molecular flexibility index (Phi) is 14.1. The van der Waals surface area contributed by atoms with E-state index in [1.54, 1.807) is 28.4 Å². The number of guanidine groups is 1. The van der Waals surface area contributed by atoms with E-state index in [9.17, 15) is 0 Å². The predicted molar refractivity (Wildman–Crippen MR) is 143 cm³/mol. The molecule has 0 unspecified atom stereocenters. The number of methoxy groups -OCH3 is 4. The molecule has 2 rings (SSSR count). The van der Waals surface area contributed by atoms with Gasteiger partial charge >= 0.3 is 0 Å². The molecule has 0 aliphatic rings. The first-order chi connectivity index (χ1) is 15.7. The summed E-state index contributed by atoms with van der Waals surface area (Å²) in [4.78, 5) is 4.70. The summed E-state index contributed by atoms with van der Waals surface area (Å²) in [5.41, 5.74) is 1.90. The Labute approximate surface area is 214 Å². The molecule has 8 nitrogen and oxygen atoms in total. The van der Waals surface area contributed by atoms with Gasteiger partial charge in [0.15, 0.2) is 17.5 Å². The predicted octanol–water partition coefficient (Wildman–Crippen LogP) is 4.37. The quantitative estimate of drug-likeness (QED) is 0.160. The molecule has 0 radical (unpaired) electrons. The second kappa shape index (κ2) is 16.2. The van der Waals surface area contributed by atoms with Gasteiger partial charge in [-0.3, -0.25) is 4.99 Å². The normalized spacial score (nSPS) is 10.8. The summed E-state index contributed by atoms with van der Waals surface area (Å²) in [6, 6.07) is 11.7. The van der Waals surface area contributed by atoms with Crippen molar-refractivity contribution in [3.05, 3.63) is 42.0 Å². The molecule has 2 aromatic rings. The van der Waals surface area contributed by atoms with Gasteiger partial charge in [-0.05, 0) is 31.5 Å². The van der Waals surface area contributed by atoms with Crippen LogP contribution in [0.25, 0.3) is 0 Å². The van der Waals surface area contributed by atoms with Crippen LogP contribution in [-0.2, 0) is 11.2 Å². The molecule has 0 heterocycles. The van der Waals surface area contributed by atoms with Crippen molar-refractivity contribution >= 4 is 35.6 Å². The SMILES string of the molecule is CCNC(=NCCc1ccc(OC)c(OC)c1OC)Nc1cccc(OCCCOC)c1.I. The van der Waals surface area contributed by atoms with Crippen molar-refractivity contribution < 1.29 is 23.7 Å². The number of rotatable bonds is 13. The Morgan fingerprint density at radius 3 is 2.39 bits per heavy atom. The van der Waals surface area contributed by atoms with E-state index in [0.717, 1.165) is 30.0 Å². The van der Waals surface area contributed by atoms with E-state index in [0.29, 0.717) is 49.4 Å². The number of hydrogen-bond donors (Lipinski definition) is 2. The van der Waals surface area contributed by atoms with Crippen LogP contribution in [0.4, 0.5) is 5.69 Å². The minimum Gasteiger partial charge on any atom is -0.493 e. The third-order valence-electron chi connectivity index (χ3n) is 4.64. The molecule has 0 bridgehead atoms. The molecule has 0 saturated carbocycles. The van der Waals surface area contributed by atoms with Crippen LogP contribution in [0.3, 0.4) is 0 Å². The second-order valence-corrected chi connectivity index (χ2v) is 6.85. The molecule has 0 aliphatic carbocycles. The number of nitrogens with one attached hydrogen (secondary N) is 2. The lowest BCUT2D eigenvalue weighted by atomic mass is 10.1. The third-order valence-corrected chi connectivity index (χ3v) is 4.64. The van der Waals surface area contributed by atoms with Gasteiger partial charge in [-0.1, -0.05) is 12.1 Å². The fraction of sp³-hybridized carbons (Fsp3) is 0.458. The van der Waals surface area contributed by atoms with E-state index in [1.165, 1.54) is 0 Å². The van der Waals surface area contributed by atoms with Crippen LogP contribution < -0.4 is 29.6 Å². The Balaban J connectivity index is 0.00000544. The van der Waals surface area contributed by atoms with Crippen LogP contribution >= 0.6 is 24.0 Å². The summed E-state index contributed by atoms with van der Waals surface area (Å²) in [5.74, 6) is 3.39. The molecule has 0 amide bonds. The van der Waals surface area contributed by atoms with Crippen molar-refractivity contribution in [3.63, 3.8) is 0 Å². The smallest absolute Gasteiger partial charge is 0.203 e. The van der Waals surface area contributed by atoms with Gasteiger partial charge in [-0.15, -0.1) is 24.0 Å². The molecule has 0 saturated heterocycles. The zero-order chi connectivity index (χ0) is 23.2. The molecule has 0 atom stereocenters. The Hall–Kier alpha value is -2.40. The van der Waals surface area contributed by atoms with Gasteiger partial charge in [0.25, 0.3) is 0 Å². The second-order valence-electron chi connectivity index (χ2n) is 6.85. The zero-order valence-corrected chi connectivity index (χ0v) is 22.4. The summed E-state index contributed by atoms with van der Waals surface area (Å²) in [7, 11) is 6.52. The lowest BCUT2D eigenvalue weighted by molar-refractivity contribution is 0.172. The first kappa shape index (κ1) is 28.6. The average Bonchev–Trinajstić information content (AvgIpc) is 2.81. The third kappa shape index (κ3) is 9.17. The number of halogens is 1. The molecular formula is C24H36IN3O5. The Bertz CT molecular complexity index is 864. The number of nitrogens with zero attached hydrogens (tertiary/aromatic N) is 1. The molecule has 2 aromatic carbocycles. The number of aliphatic imine (C=N–C) groups is 1. The minimum atomic E-state index is 0. The van der Waals surface area contributed by atoms with Crippen LogP contribution in [0.1, 0.15) is 18.9 Å². The molecular weight excluding hydrogens is 537 g/mol. The Morgan fingerprint density at radius 2 is 1.73 bits per heavy atom. The fourth-order valence-corrected chi connectivity index (χ4v) is 3.15. The summed E-state index contributed by atoms with van der Waals surface area (Å²) < 4.78 is 27.2. The molecule has 0 spiro atoms. The first-order valence-electron chi connectivity index (χ1n) is 10.7. The van der Waals surface area contributed by atoms with Crippen molar-refractivity contribution in [2.75, 3.05) is 60.1 Å². The maximum Gasteiger partial charge on any atom is 0.203 e. The largest absolute Gasteiger partial charge is 0.493 e. The standard InChI is InChI=1S/C24H35N3O5.HI/c1-6-25-24(27-19-9-7-10-20(17-19)32-16-8-15-28-2)26-14-13-18-11-12-21(29-3)23(31-5)22(18)30-4;/h7,9-12,17H,6,8,13-16H2,1-5H3,(H2,25,26,27);1H. The lowest BCUT2D eigenvalue weighted by Crippen LogP contribution is -2.30. The Morgan fingerprint density at radius 1 is 0.939 bits per heavy atom. The first-order valence-corrected chi connectivity index (χ1v) is 10.7. The van der Waals surface area contributed by atoms with Crippen molar-refractivity contribution in [2.45, 2.75) is 19.8 Å². The number of benzene rings is 2. The van der Waals surface area contributed by atoms with Crippen LogP contribution in [0.2, 0.25) is 0 Å². The van der Waals surface area contributed by atoms with Gasteiger partial charge in [-0.2, -0.15) is 0 Å². The molecule has 184 valence electrons.